The number of hydrogen-bond donors (Lipinski definition) is 1. The highest BCUT2D eigenvalue weighted by Crippen LogP contribution is 2.13. The number of carbonyl (C=O) groups is 1. The van der Waals surface area contributed by atoms with E-state index in [-0.39, 0.29) is 11.9 Å². The molecule has 1 amide bonds. The minimum atomic E-state index is -0.114. The summed E-state index contributed by atoms with van der Waals surface area (Å²) in [6.45, 7) is 5.04. The lowest BCUT2D eigenvalue weighted by atomic mass is 10.1. The van der Waals surface area contributed by atoms with E-state index in [9.17, 15) is 4.79 Å². The van der Waals surface area contributed by atoms with Crippen LogP contribution in [0.25, 0.3) is 0 Å². The summed E-state index contributed by atoms with van der Waals surface area (Å²) in [6.07, 6.45) is 3.34. The number of benzene rings is 1. The van der Waals surface area contributed by atoms with Crippen LogP contribution >= 0.6 is 0 Å². The highest BCUT2D eigenvalue weighted by atomic mass is 16.2. The van der Waals surface area contributed by atoms with Gasteiger partial charge in [0.2, 0.25) is 5.95 Å². The molecule has 0 bridgehead atoms. The zero-order valence-electron chi connectivity index (χ0n) is 15.5. The van der Waals surface area contributed by atoms with E-state index < -0.39 is 0 Å². The molecule has 0 aliphatic carbocycles. The van der Waals surface area contributed by atoms with Gasteiger partial charge in [-0.2, -0.15) is 0 Å². The van der Waals surface area contributed by atoms with Crippen molar-refractivity contribution in [3.63, 3.8) is 0 Å². The van der Waals surface area contributed by atoms with Gasteiger partial charge in [-0.05, 0) is 37.6 Å². The molecule has 3 rings (SSSR count). The van der Waals surface area contributed by atoms with E-state index in [4.69, 9.17) is 0 Å². The summed E-state index contributed by atoms with van der Waals surface area (Å²) >= 11 is 0. The van der Waals surface area contributed by atoms with Gasteiger partial charge >= 0.3 is 0 Å². The Balaban J connectivity index is 1.72. The number of nitrogens with zero attached hydrogens (tertiary/aromatic N) is 4. The molecule has 2 heterocycles. The molecule has 0 atom stereocenters. The Kier molecular flexibility index (Phi) is 6.10. The lowest BCUT2D eigenvalue weighted by Gasteiger charge is -2.26. The number of amides is 1. The molecule has 0 radical (unpaired) electrons. The fourth-order valence-corrected chi connectivity index (χ4v) is 2.65. The maximum Gasteiger partial charge on any atom is 0.273 e. The number of rotatable bonds is 7. The molecule has 2 aromatic heterocycles. The summed E-state index contributed by atoms with van der Waals surface area (Å²) in [7, 11) is 0. The standard InChI is InChI=1S/C21H23N5O/c1-16(2)26(15-17-8-4-3-5-9-17)20(27)19-11-13-23-21(25-19)24-14-18-10-6-7-12-22-18/h3-13,16H,14-15H2,1-2H3,(H,23,24,25). The highest BCUT2D eigenvalue weighted by Gasteiger charge is 2.20. The summed E-state index contributed by atoms with van der Waals surface area (Å²) < 4.78 is 0. The lowest BCUT2D eigenvalue weighted by Crippen LogP contribution is -2.37. The average Bonchev–Trinajstić information content (AvgIpc) is 2.71. The van der Waals surface area contributed by atoms with Crippen molar-refractivity contribution in [3.8, 4) is 0 Å². The molecule has 0 unspecified atom stereocenters. The highest BCUT2D eigenvalue weighted by molar-refractivity contribution is 5.92. The normalized spacial score (nSPS) is 10.6. The number of aromatic nitrogens is 3. The van der Waals surface area contributed by atoms with Crippen LogP contribution in [0.2, 0.25) is 0 Å². The van der Waals surface area contributed by atoms with Crippen LogP contribution in [-0.2, 0) is 13.1 Å². The molecule has 0 spiro atoms. The summed E-state index contributed by atoms with van der Waals surface area (Å²) in [5.41, 5.74) is 2.34. The van der Waals surface area contributed by atoms with Gasteiger partial charge in [-0.25, -0.2) is 9.97 Å². The number of carbonyl (C=O) groups excluding carboxylic acids is 1. The fraction of sp³-hybridized carbons (Fsp3) is 0.238. The lowest BCUT2D eigenvalue weighted by molar-refractivity contribution is 0.0684. The molecule has 1 N–H and O–H groups in total. The van der Waals surface area contributed by atoms with E-state index in [2.05, 4.69) is 20.3 Å². The van der Waals surface area contributed by atoms with Gasteiger partial charge in [-0.3, -0.25) is 9.78 Å². The molecule has 0 saturated carbocycles. The SMILES string of the molecule is CC(C)N(Cc1ccccc1)C(=O)c1ccnc(NCc2ccccn2)n1. The first-order valence-corrected chi connectivity index (χ1v) is 8.95. The van der Waals surface area contributed by atoms with Crippen LogP contribution in [0.1, 0.15) is 35.6 Å². The van der Waals surface area contributed by atoms with E-state index in [1.165, 1.54) is 0 Å². The topological polar surface area (TPSA) is 71.0 Å². The summed E-state index contributed by atoms with van der Waals surface area (Å²) in [4.78, 5) is 27.7. The third-order valence-electron chi connectivity index (χ3n) is 4.11. The van der Waals surface area contributed by atoms with Crippen LogP contribution in [0, 0.1) is 0 Å². The van der Waals surface area contributed by atoms with Crippen LogP contribution in [0.3, 0.4) is 0 Å². The minimum absolute atomic E-state index is 0.0533. The van der Waals surface area contributed by atoms with Crippen molar-refractivity contribution in [1.82, 2.24) is 19.9 Å². The summed E-state index contributed by atoms with van der Waals surface area (Å²) in [5.74, 6) is 0.298. The maximum atomic E-state index is 13.0. The van der Waals surface area contributed by atoms with Crippen LogP contribution in [-0.4, -0.2) is 31.8 Å². The number of anilines is 1. The average molecular weight is 361 g/mol. The van der Waals surface area contributed by atoms with Gasteiger partial charge in [0.05, 0.1) is 12.2 Å². The van der Waals surface area contributed by atoms with Gasteiger partial charge in [0, 0.05) is 25.0 Å². The van der Waals surface area contributed by atoms with Gasteiger partial charge in [-0.1, -0.05) is 36.4 Å². The van der Waals surface area contributed by atoms with Gasteiger partial charge in [0.25, 0.3) is 5.91 Å². The Morgan fingerprint density at radius 2 is 1.78 bits per heavy atom. The Labute approximate surface area is 159 Å². The number of hydrogen-bond acceptors (Lipinski definition) is 5. The molecule has 0 saturated heterocycles. The second kappa shape index (κ2) is 8.89. The zero-order valence-corrected chi connectivity index (χ0v) is 15.5. The van der Waals surface area contributed by atoms with Crippen molar-refractivity contribution in [3.05, 3.63) is 83.9 Å². The monoisotopic (exact) mass is 361 g/mol. The van der Waals surface area contributed by atoms with Gasteiger partial charge in [0.15, 0.2) is 0 Å². The van der Waals surface area contributed by atoms with Crippen molar-refractivity contribution in [2.75, 3.05) is 5.32 Å². The first-order valence-electron chi connectivity index (χ1n) is 8.95. The Morgan fingerprint density at radius 3 is 2.48 bits per heavy atom. The molecule has 3 aromatic rings. The molecule has 138 valence electrons. The van der Waals surface area contributed by atoms with E-state index in [0.717, 1.165) is 11.3 Å². The number of pyridine rings is 1. The number of nitrogens with one attached hydrogen (secondary N) is 1. The molecule has 27 heavy (non-hydrogen) atoms. The molecule has 6 heteroatoms. The third kappa shape index (κ3) is 5.10. The predicted molar refractivity (Wildman–Crippen MR) is 105 cm³/mol. The van der Waals surface area contributed by atoms with Gasteiger partial charge in [0.1, 0.15) is 5.69 Å². The Hall–Kier alpha value is -3.28. The molecule has 1 aromatic carbocycles. The second-order valence-corrected chi connectivity index (χ2v) is 6.45. The Morgan fingerprint density at radius 1 is 1.00 bits per heavy atom. The van der Waals surface area contributed by atoms with Crippen molar-refractivity contribution in [2.45, 2.75) is 33.0 Å². The van der Waals surface area contributed by atoms with Crippen LogP contribution in [0.15, 0.2) is 67.0 Å². The van der Waals surface area contributed by atoms with Crippen molar-refractivity contribution in [2.24, 2.45) is 0 Å². The van der Waals surface area contributed by atoms with Gasteiger partial charge in [-0.15, -0.1) is 0 Å². The summed E-state index contributed by atoms with van der Waals surface area (Å²) in [6, 6.07) is 17.4. The largest absolute Gasteiger partial charge is 0.349 e. The van der Waals surface area contributed by atoms with E-state index >= 15 is 0 Å². The molecular weight excluding hydrogens is 338 g/mol. The van der Waals surface area contributed by atoms with Crippen LogP contribution in [0.5, 0.6) is 0 Å². The molecule has 0 aliphatic heterocycles. The molecular formula is C21H23N5O. The summed E-state index contributed by atoms with van der Waals surface area (Å²) in [5, 5.41) is 3.12. The smallest absolute Gasteiger partial charge is 0.273 e. The quantitative estimate of drug-likeness (QED) is 0.697. The van der Waals surface area contributed by atoms with Crippen LogP contribution in [0.4, 0.5) is 5.95 Å². The van der Waals surface area contributed by atoms with E-state index in [1.807, 2.05) is 62.4 Å². The second-order valence-electron chi connectivity index (χ2n) is 6.45. The Bertz CT molecular complexity index is 868. The molecule has 0 aliphatic rings. The van der Waals surface area contributed by atoms with E-state index in [1.54, 1.807) is 23.4 Å². The minimum Gasteiger partial charge on any atom is -0.349 e. The predicted octanol–water partition coefficient (Wildman–Crippen LogP) is 3.53. The molecule has 0 fully saturated rings. The third-order valence-corrected chi connectivity index (χ3v) is 4.11. The first-order chi connectivity index (χ1) is 13.1. The van der Waals surface area contributed by atoms with Crippen molar-refractivity contribution >= 4 is 11.9 Å². The molecule has 6 nitrogen and oxygen atoms in total. The van der Waals surface area contributed by atoms with Crippen LogP contribution < -0.4 is 5.32 Å². The van der Waals surface area contributed by atoms with Crippen molar-refractivity contribution in [1.29, 1.82) is 0 Å². The van der Waals surface area contributed by atoms with Crippen molar-refractivity contribution < 1.29 is 4.79 Å². The fourth-order valence-electron chi connectivity index (χ4n) is 2.65. The maximum absolute atomic E-state index is 13.0. The first kappa shape index (κ1) is 18.5. The van der Waals surface area contributed by atoms with Gasteiger partial charge < -0.3 is 10.2 Å². The zero-order chi connectivity index (χ0) is 19.1. The van der Waals surface area contributed by atoms with E-state index in [0.29, 0.717) is 24.7 Å².